The molecule has 2 aromatic heterocycles. The van der Waals surface area contributed by atoms with Gasteiger partial charge in [-0.05, 0) is 102 Å². The summed E-state index contributed by atoms with van der Waals surface area (Å²) in [5, 5.41) is 15.5. The largest absolute Gasteiger partial charge is 0.465 e. The molecule has 2 amide bonds. The van der Waals surface area contributed by atoms with Gasteiger partial charge >= 0.3 is 6.09 Å². The van der Waals surface area contributed by atoms with Crippen molar-refractivity contribution < 1.29 is 23.5 Å². The van der Waals surface area contributed by atoms with Crippen LogP contribution in [0.1, 0.15) is 87.2 Å². The number of benzene rings is 3. The standard InChI is InChI=1S/C41H41F2N7O3/c1-20(2)34(49-39(52)53)38(51)50-19-40(11-12-40)17-33(50)36-44-18-32(48-36)23-5-9-27-26-8-4-21(14-28(26)41(42,43)29(27)15-23)22-6-10-30-31(16-22)47-37(46-30)35-24-3-7-25(13-24)45-35/h4-6,8-10,14-16,18,20,24-25,33-35,45,49H,3,7,11-13,17,19H2,1-2H3,(H,44,48)(H,46,47)(H,52,53). The first-order valence-electron chi connectivity index (χ1n) is 18.7. The van der Waals surface area contributed by atoms with Gasteiger partial charge < -0.3 is 30.6 Å². The maximum atomic E-state index is 16.4. The van der Waals surface area contributed by atoms with Crippen LogP contribution in [0.5, 0.6) is 0 Å². The van der Waals surface area contributed by atoms with Crippen LogP contribution in [-0.2, 0) is 10.7 Å². The van der Waals surface area contributed by atoms with E-state index < -0.39 is 18.1 Å². The van der Waals surface area contributed by atoms with E-state index in [9.17, 15) is 14.7 Å². The van der Waals surface area contributed by atoms with Crippen LogP contribution in [0.15, 0.2) is 60.8 Å². The summed E-state index contributed by atoms with van der Waals surface area (Å²) >= 11 is 0. The van der Waals surface area contributed by atoms with Crippen molar-refractivity contribution >= 4 is 23.0 Å². The lowest BCUT2D eigenvalue weighted by Crippen LogP contribution is -2.51. The molecular weight excluding hydrogens is 676 g/mol. The Labute approximate surface area is 304 Å². The van der Waals surface area contributed by atoms with Crippen LogP contribution in [0.3, 0.4) is 0 Å². The molecule has 5 N–H and O–H groups in total. The van der Waals surface area contributed by atoms with Crippen LogP contribution < -0.4 is 10.6 Å². The number of nitrogens with zero attached hydrogens (tertiary/aromatic N) is 3. The molecule has 3 aliphatic carbocycles. The number of likely N-dealkylation sites (tertiary alicyclic amines) is 1. The van der Waals surface area contributed by atoms with E-state index in [1.54, 1.807) is 35.4 Å². The van der Waals surface area contributed by atoms with Crippen molar-refractivity contribution in [2.24, 2.45) is 17.3 Å². The summed E-state index contributed by atoms with van der Waals surface area (Å²) in [5.41, 5.74) is 5.44. The van der Waals surface area contributed by atoms with Gasteiger partial charge in [-0.2, -0.15) is 8.78 Å². The van der Waals surface area contributed by atoms with Crippen molar-refractivity contribution in [2.45, 2.75) is 82.5 Å². The summed E-state index contributed by atoms with van der Waals surface area (Å²) in [4.78, 5) is 43.4. The number of nitrogens with one attached hydrogen (secondary N) is 4. The molecule has 1 spiro atoms. The zero-order valence-corrected chi connectivity index (χ0v) is 29.5. The van der Waals surface area contributed by atoms with E-state index in [-0.39, 0.29) is 40.5 Å². The summed E-state index contributed by atoms with van der Waals surface area (Å²) in [7, 11) is 0. The van der Waals surface area contributed by atoms with E-state index >= 15 is 8.78 Å². The normalized spacial score (nSPS) is 25.0. The third-order valence-electron chi connectivity index (χ3n) is 12.7. The zero-order chi connectivity index (χ0) is 36.4. The first-order valence-corrected chi connectivity index (χ1v) is 18.7. The second-order valence-electron chi connectivity index (χ2n) is 16.4. The molecule has 5 aliphatic rings. The quantitative estimate of drug-likeness (QED) is 0.116. The third-order valence-corrected chi connectivity index (χ3v) is 12.7. The maximum absolute atomic E-state index is 16.4. The SMILES string of the molecule is CC(C)C(NC(=O)O)C(=O)N1CC2(CC2)CC1c1ncc(-c2ccc3c(c2)C(F)(F)c2cc(-c4ccc5nc(C6NC7CCC6C7)[nH]c5c4)ccc2-3)[nH]1. The topological polar surface area (TPSA) is 139 Å². The molecule has 10 nitrogen and oxygen atoms in total. The fraction of sp³-hybridized carbons (Fsp3) is 0.415. The number of carboxylic acid groups (broad SMARTS) is 1. The summed E-state index contributed by atoms with van der Waals surface area (Å²) in [5.74, 6) is -1.60. The van der Waals surface area contributed by atoms with Gasteiger partial charge in [0.2, 0.25) is 5.91 Å². The van der Waals surface area contributed by atoms with E-state index in [0.29, 0.717) is 52.3 Å². The summed E-state index contributed by atoms with van der Waals surface area (Å²) in [6.07, 6.45) is 6.75. The van der Waals surface area contributed by atoms with Crippen LogP contribution in [0, 0.1) is 17.3 Å². The molecule has 4 fully saturated rings. The Balaban J connectivity index is 0.920. The fourth-order valence-electron chi connectivity index (χ4n) is 9.64. The zero-order valence-electron chi connectivity index (χ0n) is 29.5. The summed E-state index contributed by atoms with van der Waals surface area (Å²) in [6, 6.07) is 15.9. The van der Waals surface area contributed by atoms with Crippen LogP contribution in [-0.4, -0.2) is 60.6 Å². The molecule has 0 radical (unpaired) electrons. The van der Waals surface area contributed by atoms with E-state index in [4.69, 9.17) is 4.98 Å². The Morgan fingerprint density at radius 3 is 2.34 bits per heavy atom. The molecule has 12 heteroatoms. The molecule has 53 heavy (non-hydrogen) atoms. The Hall–Kier alpha value is -5.10. The van der Waals surface area contributed by atoms with Gasteiger partial charge in [0.25, 0.3) is 5.92 Å². The Morgan fingerprint density at radius 1 is 0.943 bits per heavy atom. The predicted octanol–water partition coefficient (Wildman–Crippen LogP) is 7.90. The molecule has 3 aromatic carbocycles. The molecule has 5 aromatic rings. The van der Waals surface area contributed by atoms with Crippen molar-refractivity contribution in [2.75, 3.05) is 6.54 Å². The number of carbonyl (C=O) groups is 2. The lowest BCUT2D eigenvalue weighted by Gasteiger charge is -2.29. The van der Waals surface area contributed by atoms with Crippen molar-refractivity contribution in [3.8, 4) is 33.5 Å². The molecular formula is C41H41F2N7O3. The minimum atomic E-state index is -3.21. The molecule has 5 unspecified atom stereocenters. The molecule has 5 atom stereocenters. The van der Waals surface area contributed by atoms with Gasteiger partial charge in [-0.15, -0.1) is 0 Å². The van der Waals surface area contributed by atoms with Crippen LogP contribution >= 0.6 is 0 Å². The number of H-pyrrole nitrogens is 2. The minimum Gasteiger partial charge on any atom is -0.465 e. The van der Waals surface area contributed by atoms with Gasteiger partial charge in [0.15, 0.2) is 0 Å². The summed E-state index contributed by atoms with van der Waals surface area (Å²) < 4.78 is 32.8. The van der Waals surface area contributed by atoms with Crippen molar-refractivity contribution in [1.82, 2.24) is 35.5 Å². The van der Waals surface area contributed by atoms with Crippen molar-refractivity contribution in [3.63, 3.8) is 0 Å². The highest BCUT2D eigenvalue weighted by molar-refractivity contribution is 5.88. The van der Waals surface area contributed by atoms with Gasteiger partial charge in [-0.1, -0.05) is 44.2 Å². The number of aromatic amines is 2. The number of amides is 2. The molecule has 272 valence electrons. The number of fused-ring (bicyclic) bond motifs is 6. The number of carbonyl (C=O) groups excluding carboxylic acids is 1. The van der Waals surface area contributed by atoms with Crippen LogP contribution in [0.2, 0.25) is 0 Å². The Kier molecular flexibility index (Phi) is 7.03. The van der Waals surface area contributed by atoms with Gasteiger partial charge in [-0.25, -0.2) is 14.8 Å². The predicted molar refractivity (Wildman–Crippen MR) is 195 cm³/mol. The average Bonchev–Trinajstić information content (AvgIpc) is 3.80. The highest BCUT2D eigenvalue weighted by Gasteiger charge is 2.55. The number of rotatable bonds is 7. The molecule has 2 saturated heterocycles. The second kappa shape index (κ2) is 11.4. The van der Waals surface area contributed by atoms with Gasteiger partial charge in [-0.3, -0.25) is 4.79 Å². The van der Waals surface area contributed by atoms with E-state index in [1.807, 2.05) is 44.2 Å². The number of piperidine rings is 1. The van der Waals surface area contributed by atoms with Gasteiger partial charge in [0, 0.05) is 29.3 Å². The lowest BCUT2D eigenvalue weighted by atomic mass is 9.98. The smallest absolute Gasteiger partial charge is 0.405 e. The third kappa shape index (κ3) is 5.20. The Bertz CT molecular complexity index is 2330. The first-order chi connectivity index (χ1) is 25.5. The van der Waals surface area contributed by atoms with E-state index in [0.717, 1.165) is 41.7 Å². The van der Waals surface area contributed by atoms with Crippen LogP contribution in [0.4, 0.5) is 13.6 Å². The molecule has 10 rings (SSSR count). The molecule has 2 bridgehead atoms. The molecule has 2 saturated carbocycles. The summed E-state index contributed by atoms with van der Waals surface area (Å²) in [6.45, 7) is 4.17. The second-order valence-corrected chi connectivity index (χ2v) is 16.4. The molecule has 2 aliphatic heterocycles. The number of halogens is 2. The number of hydrogen-bond donors (Lipinski definition) is 5. The number of alkyl halides is 2. The highest BCUT2D eigenvalue weighted by atomic mass is 19.3. The van der Waals surface area contributed by atoms with Gasteiger partial charge in [0.1, 0.15) is 17.7 Å². The van der Waals surface area contributed by atoms with Gasteiger partial charge in [0.05, 0.1) is 35.0 Å². The van der Waals surface area contributed by atoms with E-state index in [1.165, 1.54) is 19.3 Å². The Morgan fingerprint density at radius 2 is 1.66 bits per heavy atom. The number of imidazole rings is 2. The molecule has 4 heterocycles. The van der Waals surface area contributed by atoms with Crippen molar-refractivity contribution in [3.05, 3.63) is 83.6 Å². The number of aromatic nitrogens is 4. The van der Waals surface area contributed by atoms with Crippen LogP contribution in [0.25, 0.3) is 44.5 Å². The minimum absolute atomic E-state index is 0.0119. The lowest BCUT2D eigenvalue weighted by molar-refractivity contribution is -0.135. The highest BCUT2D eigenvalue weighted by Crippen LogP contribution is 2.58. The monoisotopic (exact) mass is 717 g/mol. The fourth-order valence-corrected chi connectivity index (χ4v) is 9.64. The average molecular weight is 718 g/mol. The first kappa shape index (κ1) is 32.5. The maximum Gasteiger partial charge on any atom is 0.405 e. The number of hydrogen-bond acceptors (Lipinski definition) is 5. The van der Waals surface area contributed by atoms with Crippen molar-refractivity contribution in [1.29, 1.82) is 0 Å². The van der Waals surface area contributed by atoms with E-state index in [2.05, 4.69) is 25.6 Å².